The van der Waals surface area contributed by atoms with Gasteiger partial charge in [-0.25, -0.2) is 4.98 Å². The number of anilines is 1. The number of pyridine rings is 1. The molecule has 0 aliphatic rings. The number of carbonyl (C=O) groups is 1. The van der Waals surface area contributed by atoms with Crippen molar-refractivity contribution in [3.63, 3.8) is 0 Å². The predicted molar refractivity (Wildman–Crippen MR) is 88.9 cm³/mol. The van der Waals surface area contributed by atoms with Crippen molar-refractivity contribution in [2.45, 2.75) is 58.9 Å². The van der Waals surface area contributed by atoms with Crippen LogP contribution in [0.5, 0.6) is 0 Å². The van der Waals surface area contributed by atoms with Crippen LogP contribution < -0.4 is 5.32 Å². The second kappa shape index (κ2) is 6.04. The Balaban J connectivity index is 3.27. The second-order valence-corrected chi connectivity index (χ2v) is 7.16. The zero-order chi connectivity index (χ0) is 16.4. The van der Waals surface area contributed by atoms with E-state index >= 15 is 0 Å². The van der Waals surface area contributed by atoms with E-state index < -0.39 is 0 Å². The van der Waals surface area contributed by atoms with E-state index in [4.69, 9.17) is 0 Å². The Hall–Kier alpha value is -1.58. The predicted octanol–water partition coefficient (Wildman–Crippen LogP) is 3.68. The number of nitrogens with one attached hydrogen (secondary N) is 1. The SMILES string of the molecule is CCC(C)(C)N(C)C(=O)c1cc(NC)nc(C(C)(C)C)c1. The summed E-state index contributed by atoms with van der Waals surface area (Å²) in [7, 11) is 3.69. The lowest BCUT2D eigenvalue weighted by Gasteiger charge is -2.35. The highest BCUT2D eigenvalue weighted by atomic mass is 16.2. The van der Waals surface area contributed by atoms with E-state index in [1.807, 2.05) is 31.1 Å². The van der Waals surface area contributed by atoms with E-state index in [2.05, 4.69) is 51.8 Å². The van der Waals surface area contributed by atoms with Crippen molar-refractivity contribution in [2.75, 3.05) is 19.4 Å². The summed E-state index contributed by atoms with van der Waals surface area (Å²) in [6, 6.07) is 3.73. The van der Waals surface area contributed by atoms with E-state index in [1.165, 1.54) is 0 Å². The van der Waals surface area contributed by atoms with E-state index in [-0.39, 0.29) is 16.9 Å². The molecule has 1 aromatic heterocycles. The molecule has 0 aliphatic carbocycles. The third-order valence-corrected chi connectivity index (χ3v) is 4.17. The van der Waals surface area contributed by atoms with Gasteiger partial charge in [0.05, 0.1) is 0 Å². The minimum Gasteiger partial charge on any atom is -0.373 e. The molecule has 0 saturated heterocycles. The number of hydrogen-bond acceptors (Lipinski definition) is 3. The smallest absolute Gasteiger partial charge is 0.254 e. The lowest BCUT2D eigenvalue weighted by Crippen LogP contribution is -2.44. The van der Waals surface area contributed by atoms with E-state index in [1.54, 1.807) is 0 Å². The number of aromatic nitrogens is 1. The molecule has 0 bridgehead atoms. The molecule has 1 aromatic rings. The van der Waals surface area contributed by atoms with Crippen molar-refractivity contribution in [2.24, 2.45) is 0 Å². The third-order valence-electron chi connectivity index (χ3n) is 4.17. The zero-order valence-electron chi connectivity index (χ0n) is 14.7. The van der Waals surface area contributed by atoms with Gasteiger partial charge in [-0.15, -0.1) is 0 Å². The van der Waals surface area contributed by atoms with Crippen LogP contribution in [0.4, 0.5) is 5.82 Å². The Kier molecular flexibility index (Phi) is 5.03. The highest BCUT2D eigenvalue weighted by Gasteiger charge is 2.28. The summed E-state index contributed by atoms with van der Waals surface area (Å²) in [4.78, 5) is 19.1. The van der Waals surface area contributed by atoms with E-state index in [0.717, 1.165) is 17.9 Å². The van der Waals surface area contributed by atoms with Gasteiger partial charge in [-0.05, 0) is 32.4 Å². The first-order valence-electron chi connectivity index (χ1n) is 7.51. The van der Waals surface area contributed by atoms with Crippen LogP contribution in [0.3, 0.4) is 0 Å². The van der Waals surface area contributed by atoms with Crippen molar-refractivity contribution in [1.29, 1.82) is 0 Å². The Morgan fingerprint density at radius 1 is 1.24 bits per heavy atom. The normalized spacial score (nSPS) is 12.2. The Morgan fingerprint density at radius 3 is 2.24 bits per heavy atom. The number of rotatable bonds is 4. The molecule has 0 radical (unpaired) electrons. The average molecular weight is 291 g/mol. The molecule has 0 spiro atoms. The second-order valence-electron chi connectivity index (χ2n) is 7.16. The van der Waals surface area contributed by atoms with Crippen LogP contribution in [-0.4, -0.2) is 35.4 Å². The molecule has 21 heavy (non-hydrogen) atoms. The van der Waals surface area contributed by atoms with Crippen molar-refractivity contribution >= 4 is 11.7 Å². The number of nitrogens with zero attached hydrogens (tertiary/aromatic N) is 2. The topological polar surface area (TPSA) is 45.2 Å². The first-order valence-corrected chi connectivity index (χ1v) is 7.51. The molecule has 1 N–H and O–H groups in total. The van der Waals surface area contributed by atoms with Crippen LogP contribution in [0.2, 0.25) is 0 Å². The van der Waals surface area contributed by atoms with Gasteiger partial charge in [0.2, 0.25) is 0 Å². The van der Waals surface area contributed by atoms with Gasteiger partial charge in [-0.2, -0.15) is 0 Å². The summed E-state index contributed by atoms with van der Waals surface area (Å²) in [6.07, 6.45) is 0.908. The van der Waals surface area contributed by atoms with Gasteiger partial charge in [0.15, 0.2) is 0 Å². The van der Waals surface area contributed by atoms with Crippen molar-refractivity contribution in [3.8, 4) is 0 Å². The standard InChI is InChI=1S/C17H29N3O/c1-9-17(5,6)20(8)15(21)12-10-13(16(2,3)4)19-14(11-12)18-7/h10-11H,9H2,1-8H3,(H,18,19). The maximum absolute atomic E-state index is 12.8. The number of carbonyl (C=O) groups excluding carboxylic acids is 1. The molecular formula is C17H29N3O. The monoisotopic (exact) mass is 291 g/mol. The van der Waals surface area contributed by atoms with E-state index in [0.29, 0.717) is 5.56 Å². The summed E-state index contributed by atoms with van der Waals surface area (Å²) in [5.74, 6) is 0.764. The molecule has 1 heterocycles. The van der Waals surface area contributed by atoms with Gasteiger partial charge >= 0.3 is 0 Å². The van der Waals surface area contributed by atoms with E-state index in [9.17, 15) is 4.79 Å². The maximum atomic E-state index is 12.8. The van der Waals surface area contributed by atoms with Gasteiger partial charge < -0.3 is 10.2 Å². The van der Waals surface area contributed by atoms with Gasteiger partial charge in [0, 0.05) is 36.3 Å². The lowest BCUT2D eigenvalue weighted by molar-refractivity contribution is 0.0620. The van der Waals surface area contributed by atoms with Crippen LogP contribution in [-0.2, 0) is 5.41 Å². The fourth-order valence-corrected chi connectivity index (χ4v) is 1.87. The largest absolute Gasteiger partial charge is 0.373 e. The molecule has 0 saturated carbocycles. The van der Waals surface area contributed by atoms with Crippen LogP contribution in [0.1, 0.15) is 64.0 Å². The Morgan fingerprint density at radius 2 is 1.81 bits per heavy atom. The van der Waals surface area contributed by atoms with Gasteiger partial charge in [0.25, 0.3) is 5.91 Å². The Labute approximate surface area is 129 Å². The molecule has 0 atom stereocenters. The third kappa shape index (κ3) is 3.96. The molecule has 0 unspecified atom stereocenters. The number of amides is 1. The van der Waals surface area contributed by atoms with Crippen LogP contribution in [0, 0.1) is 0 Å². The zero-order valence-corrected chi connectivity index (χ0v) is 14.7. The lowest BCUT2D eigenvalue weighted by atomic mass is 9.90. The fraction of sp³-hybridized carbons (Fsp3) is 0.647. The quantitative estimate of drug-likeness (QED) is 0.920. The summed E-state index contributed by atoms with van der Waals surface area (Å²) in [6.45, 7) is 12.6. The fourth-order valence-electron chi connectivity index (χ4n) is 1.87. The van der Waals surface area contributed by atoms with Crippen LogP contribution >= 0.6 is 0 Å². The average Bonchev–Trinajstić information content (AvgIpc) is 2.44. The molecule has 118 valence electrons. The molecule has 0 aliphatic heterocycles. The van der Waals surface area contributed by atoms with Crippen LogP contribution in [0.15, 0.2) is 12.1 Å². The summed E-state index contributed by atoms with van der Waals surface area (Å²) >= 11 is 0. The molecule has 4 heteroatoms. The highest BCUT2D eigenvalue weighted by Crippen LogP contribution is 2.25. The minimum atomic E-state index is -0.165. The van der Waals surface area contributed by atoms with Crippen molar-refractivity contribution in [3.05, 3.63) is 23.4 Å². The minimum absolute atomic E-state index is 0.0336. The van der Waals surface area contributed by atoms with Crippen LogP contribution in [0.25, 0.3) is 0 Å². The van der Waals surface area contributed by atoms with Gasteiger partial charge in [0.1, 0.15) is 5.82 Å². The Bertz CT molecular complexity index is 515. The molecule has 1 amide bonds. The molecule has 4 nitrogen and oxygen atoms in total. The summed E-state index contributed by atoms with van der Waals surface area (Å²) < 4.78 is 0. The first kappa shape index (κ1) is 17.5. The highest BCUT2D eigenvalue weighted by molar-refractivity contribution is 5.95. The summed E-state index contributed by atoms with van der Waals surface area (Å²) in [5, 5.41) is 3.04. The summed E-state index contributed by atoms with van der Waals surface area (Å²) in [5.41, 5.74) is 1.34. The molecule has 1 rings (SSSR count). The first-order chi connectivity index (χ1) is 9.52. The number of hydrogen-bond donors (Lipinski definition) is 1. The van der Waals surface area contributed by atoms with Crippen molar-refractivity contribution < 1.29 is 4.79 Å². The maximum Gasteiger partial charge on any atom is 0.254 e. The molecule has 0 aromatic carbocycles. The van der Waals surface area contributed by atoms with Crippen molar-refractivity contribution in [1.82, 2.24) is 9.88 Å². The molecular weight excluding hydrogens is 262 g/mol. The molecule has 0 fully saturated rings. The van der Waals surface area contributed by atoms with Gasteiger partial charge in [-0.1, -0.05) is 27.7 Å². The van der Waals surface area contributed by atoms with Gasteiger partial charge in [-0.3, -0.25) is 4.79 Å².